The van der Waals surface area contributed by atoms with Gasteiger partial charge in [-0.25, -0.2) is 4.98 Å². The minimum Gasteiger partial charge on any atom is -0.330 e. The molecule has 2 aromatic rings. The normalized spacial score (nSPS) is 17.4. The van der Waals surface area contributed by atoms with Crippen molar-refractivity contribution in [2.45, 2.75) is 26.3 Å². The number of hydrogen-bond donors (Lipinski definition) is 1. The number of hydrogen-bond acceptors (Lipinski definition) is 5. The molecule has 1 aliphatic rings. The molecule has 1 aromatic heterocycles. The summed E-state index contributed by atoms with van der Waals surface area (Å²) in [5.41, 5.74) is 8.13. The highest BCUT2D eigenvalue weighted by Gasteiger charge is 2.15. The monoisotopic (exact) mass is 318 g/mol. The molecule has 0 spiro atoms. The number of benzene rings is 1. The van der Waals surface area contributed by atoms with Crippen molar-refractivity contribution >= 4 is 21.6 Å². The summed E-state index contributed by atoms with van der Waals surface area (Å²) in [4.78, 5) is 9.78. The number of nitrogens with zero attached hydrogens (tertiary/aromatic N) is 3. The lowest BCUT2D eigenvalue weighted by molar-refractivity contribution is 0.132. The lowest BCUT2D eigenvalue weighted by Crippen LogP contribution is -2.45. The van der Waals surface area contributed by atoms with Crippen LogP contribution in [0, 0.1) is 0 Å². The van der Waals surface area contributed by atoms with Gasteiger partial charge in [-0.15, -0.1) is 11.3 Å². The van der Waals surface area contributed by atoms with Gasteiger partial charge in [-0.2, -0.15) is 0 Å². The summed E-state index contributed by atoms with van der Waals surface area (Å²) in [6.07, 6.45) is 2.03. The van der Waals surface area contributed by atoms with Crippen LogP contribution in [0.2, 0.25) is 0 Å². The Morgan fingerprint density at radius 2 is 1.95 bits per heavy atom. The van der Waals surface area contributed by atoms with E-state index in [1.807, 2.05) is 11.3 Å². The van der Waals surface area contributed by atoms with Crippen LogP contribution in [-0.2, 0) is 13.0 Å². The molecule has 3 rings (SSSR count). The molecule has 2 heterocycles. The summed E-state index contributed by atoms with van der Waals surface area (Å²) in [7, 11) is 0. The first-order chi connectivity index (χ1) is 10.8. The summed E-state index contributed by atoms with van der Waals surface area (Å²) >= 11 is 1.82. The van der Waals surface area contributed by atoms with Crippen molar-refractivity contribution in [3.63, 3.8) is 0 Å². The summed E-state index contributed by atoms with van der Waals surface area (Å²) in [5.74, 6) is 0. The van der Waals surface area contributed by atoms with Crippen molar-refractivity contribution in [2.24, 2.45) is 5.73 Å². The fourth-order valence-corrected chi connectivity index (χ4v) is 4.07. The fourth-order valence-electron chi connectivity index (χ4n) is 3.00. The Labute approximate surface area is 136 Å². The van der Waals surface area contributed by atoms with Gasteiger partial charge in [0.15, 0.2) is 0 Å². The molecule has 1 saturated heterocycles. The van der Waals surface area contributed by atoms with E-state index in [9.17, 15) is 0 Å². The van der Waals surface area contributed by atoms with E-state index in [1.165, 1.54) is 48.0 Å². The number of piperazine rings is 1. The molecule has 0 bridgehead atoms. The molecule has 1 aliphatic heterocycles. The molecular weight excluding hydrogens is 292 g/mol. The van der Waals surface area contributed by atoms with Gasteiger partial charge in [0.1, 0.15) is 0 Å². The Bertz CT molecular complexity index is 602. The molecule has 0 atom stereocenters. The molecule has 0 unspecified atom stereocenters. The van der Waals surface area contributed by atoms with E-state index >= 15 is 0 Å². The summed E-state index contributed by atoms with van der Waals surface area (Å²) < 4.78 is 1.32. The van der Waals surface area contributed by atoms with Crippen molar-refractivity contribution in [2.75, 3.05) is 39.3 Å². The van der Waals surface area contributed by atoms with Crippen LogP contribution in [0.15, 0.2) is 18.2 Å². The predicted octanol–water partition coefficient (Wildman–Crippen LogP) is 2.33. The average Bonchev–Trinajstić information content (AvgIpc) is 2.95. The van der Waals surface area contributed by atoms with Gasteiger partial charge >= 0.3 is 0 Å². The number of likely N-dealkylation sites (N-methyl/N-ethyl adjacent to an activating group) is 1. The van der Waals surface area contributed by atoms with E-state index in [0.717, 1.165) is 31.4 Å². The van der Waals surface area contributed by atoms with Gasteiger partial charge < -0.3 is 10.6 Å². The van der Waals surface area contributed by atoms with Gasteiger partial charge in [-0.1, -0.05) is 13.0 Å². The maximum atomic E-state index is 5.59. The molecule has 0 saturated carbocycles. The number of nitrogens with two attached hydrogens (primary N) is 1. The summed E-state index contributed by atoms with van der Waals surface area (Å²) in [6, 6.07) is 6.74. The van der Waals surface area contributed by atoms with Gasteiger partial charge in [-0.3, -0.25) is 4.90 Å². The molecule has 1 fully saturated rings. The van der Waals surface area contributed by atoms with Gasteiger partial charge in [0.2, 0.25) is 0 Å². The van der Waals surface area contributed by atoms with Gasteiger partial charge in [0, 0.05) is 39.1 Å². The molecular formula is C17H26N4S. The number of rotatable bonds is 6. The van der Waals surface area contributed by atoms with Crippen molar-refractivity contribution < 1.29 is 0 Å². The van der Waals surface area contributed by atoms with Crippen molar-refractivity contribution in [1.29, 1.82) is 0 Å². The van der Waals surface area contributed by atoms with Crippen LogP contribution in [0.1, 0.15) is 23.9 Å². The SMILES string of the molecule is CCN1CCN(Cc2ccc3nc(CCCN)sc3c2)CC1. The second-order valence-corrected chi connectivity index (χ2v) is 7.13. The van der Waals surface area contributed by atoms with E-state index in [-0.39, 0.29) is 0 Å². The Morgan fingerprint density at radius 1 is 1.18 bits per heavy atom. The quantitative estimate of drug-likeness (QED) is 0.888. The number of aromatic nitrogens is 1. The number of aryl methyl sites for hydroxylation is 1. The standard InChI is InChI=1S/C17H26N4S/c1-2-20-8-10-21(11-9-20)13-14-5-6-15-16(12-14)22-17(19-15)4-3-7-18/h5-6,12H,2-4,7-11,13,18H2,1H3. The lowest BCUT2D eigenvalue weighted by atomic mass is 10.2. The van der Waals surface area contributed by atoms with Crippen LogP contribution in [0.25, 0.3) is 10.2 Å². The first-order valence-corrected chi connectivity index (χ1v) is 9.13. The van der Waals surface area contributed by atoms with E-state index in [1.54, 1.807) is 0 Å². The topological polar surface area (TPSA) is 45.4 Å². The zero-order chi connectivity index (χ0) is 15.4. The lowest BCUT2D eigenvalue weighted by Gasteiger charge is -2.34. The molecule has 1 aromatic carbocycles. The molecule has 2 N–H and O–H groups in total. The van der Waals surface area contributed by atoms with Crippen LogP contribution in [0.3, 0.4) is 0 Å². The Kier molecular flexibility index (Phi) is 5.41. The maximum Gasteiger partial charge on any atom is 0.0939 e. The van der Waals surface area contributed by atoms with Crippen LogP contribution >= 0.6 is 11.3 Å². The van der Waals surface area contributed by atoms with Crippen molar-refractivity contribution in [3.05, 3.63) is 28.8 Å². The Balaban J connectivity index is 1.64. The second-order valence-electron chi connectivity index (χ2n) is 6.01. The third kappa shape index (κ3) is 3.84. The smallest absolute Gasteiger partial charge is 0.0939 e. The first-order valence-electron chi connectivity index (χ1n) is 8.31. The highest BCUT2D eigenvalue weighted by molar-refractivity contribution is 7.18. The second kappa shape index (κ2) is 7.51. The molecule has 120 valence electrons. The highest BCUT2D eigenvalue weighted by atomic mass is 32.1. The predicted molar refractivity (Wildman–Crippen MR) is 94.4 cm³/mol. The molecule has 0 radical (unpaired) electrons. The molecule has 5 heteroatoms. The van der Waals surface area contributed by atoms with Crippen LogP contribution in [-0.4, -0.2) is 54.1 Å². The minimum absolute atomic E-state index is 0.741. The zero-order valence-electron chi connectivity index (χ0n) is 13.4. The molecule has 0 amide bonds. The highest BCUT2D eigenvalue weighted by Crippen LogP contribution is 2.24. The number of fused-ring (bicyclic) bond motifs is 1. The molecule has 0 aliphatic carbocycles. The van der Waals surface area contributed by atoms with Gasteiger partial charge in [0.05, 0.1) is 15.2 Å². The van der Waals surface area contributed by atoms with Crippen molar-refractivity contribution in [1.82, 2.24) is 14.8 Å². The average molecular weight is 318 g/mol. The number of thiazole rings is 1. The van der Waals surface area contributed by atoms with E-state index in [0.29, 0.717) is 0 Å². The maximum absolute atomic E-state index is 5.59. The third-order valence-corrected chi connectivity index (χ3v) is 5.49. The Hall–Kier alpha value is -1.01. The van der Waals surface area contributed by atoms with Crippen LogP contribution in [0.5, 0.6) is 0 Å². The molecule has 4 nitrogen and oxygen atoms in total. The van der Waals surface area contributed by atoms with Gasteiger partial charge in [-0.05, 0) is 37.2 Å². The molecule has 22 heavy (non-hydrogen) atoms. The summed E-state index contributed by atoms with van der Waals surface area (Å²) in [5, 5.41) is 1.22. The van der Waals surface area contributed by atoms with Crippen LogP contribution < -0.4 is 5.73 Å². The van der Waals surface area contributed by atoms with Crippen molar-refractivity contribution in [3.8, 4) is 0 Å². The third-order valence-electron chi connectivity index (χ3n) is 4.41. The van der Waals surface area contributed by atoms with Gasteiger partial charge in [0.25, 0.3) is 0 Å². The van der Waals surface area contributed by atoms with Crippen LogP contribution in [0.4, 0.5) is 0 Å². The van der Waals surface area contributed by atoms with E-state index < -0.39 is 0 Å². The Morgan fingerprint density at radius 3 is 2.68 bits per heavy atom. The largest absolute Gasteiger partial charge is 0.330 e. The fraction of sp³-hybridized carbons (Fsp3) is 0.588. The minimum atomic E-state index is 0.741. The van der Waals surface area contributed by atoms with E-state index in [4.69, 9.17) is 10.7 Å². The first kappa shape index (κ1) is 15.9. The zero-order valence-corrected chi connectivity index (χ0v) is 14.2. The summed E-state index contributed by atoms with van der Waals surface area (Å²) in [6.45, 7) is 9.97. The van der Waals surface area contributed by atoms with E-state index in [2.05, 4.69) is 34.9 Å².